The van der Waals surface area contributed by atoms with Crippen LogP contribution in [0.2, 0.25) is 0 Å². The van der Waals surface area contributed by atoms with E-state index in [1.807, 2.05) is 6.92 Å². The summed E-state index contributed by atoms with van der Waals surface area (Å²) in [6, 6.07) is 0. The van der Waals surface area contributed by atoms with Crippen LogP contribution < -0.4 is 5.32 Å². The summed E-state index contributed by atoms with van der Waals surface area (Å²) in [7, 11) is 0. The van der Waals surface area contributed by atoms with Gasteiger partial charge in [0.15, 0.2) is 6.67 Å². The third-order valence-electron chi connectivity index (χ3n) is 3.69. The molecule has 0 aliphatic heterocycles. The average Bonchev–Trinajstić information content (AvgIpc) is 2.33. The summed E-state index contributed by atoms with van der Waals surface area (Å²) in [5.74, 6) is 0.334. The lowest BCUT2D eigenvalue weighted by Gasteiger charge is -2.36. The first-order chi connectivity index (χ1) is 7.55. The van der Waals surface area contributed by atoms with E-state index in [9.17, 15) is 4.79 Å². The Hall–Kier alpha value is -0.570. The second kappa shape index (κ2) is 7.66. The monoisotopic (exact) mass is 229 g/mol. The van der Waals surface area contributed by atoms with E-state index in [1.165, 1.54) is 6.42 Å². The van der Waals surface area contributed by atoms with Crippen molar-refractivity contribution in [1.82, 2.24) is 5.32 Å². The van der Waals surface area contributed by atoms with E-state index < -0.39 is 0 Å². The predicted molar refractivity (Wildman–Crippen MR) is 69.0 cm³/mol. The maximum atomic E-state index is 11.7. The number of carbonyl (C=O) groups excluding carboxylic acids is 1. The highest BCUT2D eigenvalue weighted by atomic mass is 16.2. The Bertz CT molecular complexity index is 200. The minimum Gasteiger partial charge on any atom is -0.309 e. The molecule has 0 aromatic heterocycles. The molecule has 0 heterocycles. The maximum absolute atomic E-state index is 11.7. The standard InChI is InChI=1S/C13H28N2O/c1-6-10-15(8-3,9-4)11-14-13(16)12(5)7-2/h12H,6-11H2,1-5H3/p+1. The fourth-order valence-corrected chi connectivity index (χ4v) is 1.92. The fraction of sp³-hybridized carbons (Fsp3) is 0.923. The van der Waals surface area contributed by atoms with Gasteiger partial charge in [-0.2, -0.15) is 0 Å². The highest BCUT2D eigenvalue weighted by Gasteiger charge is 2.23. The molecule has 0 bridgehead atoms. The summed E-state index contributed by atoms with van der Waals surface area (Å²) < 4.78 is 0.999. The smallest absolute Gasteiger partial charge is 0.227 e. The van der Waals surface area contributed by atoms with Crippen molar-refractivity contribution in [3.8, 4) is 0 Å². The zero-order valence-electron chi connectivity index (χ0n) is 11.7. The van der Waals surface area contributed by atoms with Gasteiger partial charge in [0.1, 0.15) is 0 Å². The van der Waals surface area contributed by atoms with Gasteiger partial charge in [0.2, 0.25) is 5.91 Å². The third-order valence-corrected chi connectivity index (χ3v) is 3.69. The van der Waals surface area contributed by atoms with Crippen LogP contribution in [0.4, 0.5) is 0 Å². The summed E-state index contributed by atoms with van der Waals surface area (Å²) in [6.07, 6.45) is 2.08. The molecule has 3 nitrogen and oxygen atoms in total. The second-order valence-corrected chi connectivity index (χ2v) is 4.71. The third kappa shape index (κ3) is 4.52. The normalized spacial score (nSPS) is 13.6. The number of hydrogen-bond acceptors (Lipinski definition) is 1. The van der Waals surface area contributed by atoms with E-state index >= 15 is 0 Å². The Morgan fingerprint density at radius 1 is 1.19 bits per heavy atom. The molecule has 0 fully saturated rings. The molecule has 0 aromatic carbocycles. The van der Waals surface area contributed by atoms with Crippen LogP contribution in [0.25, 0.3) is 0 Å². The van der Waals surface area contributed by atoms with E-state index in [0.717, 1.165) is 37.2 Å². The summed E-state index contributed by atoms with van der Waals surface area (Å²) >= 11 is 0. The fourth-order valence-electron chi connectivity index (χ4n) is 1.92. The summed E-state index contributed by atoms with van der Waals surface area (Å²) in [5.41, 5.74) is 0. The highest BCUT2D eigenvalue weighted by Crippen LogP contribution is 2.07. The summed E-state index contributed by atoms with van der Waals surface area (Å²) in [6.45, 7) is 14.8. The molecule has 0 aromatic rings. The molecule has 1 amide bonds. The molecule has 96 valence electrons. The lowest BCUT2D eigenvalue weighted by molar-refractivity contribution is -0.926. The van der Waals surface area contributed by atoms with Gasteiger partial charge in [0.25, 0.3) is 0 Å². The molecule has 1 unspecified atom stereocenters. The van der Waals surface area contributed by atoms with Gasteiger partial charge in [0, 0.05) is 5.92 Å². The highest BCUT2D eigenvalue weighted by molar-refractivity contribution is 5.77. The zero-order chi connectivity index (χ0) is 12.6. The van der Waals surface area contributed by atoms with Gasteiger partial charge >= 0.3 is 0 Å². The van der Waals surface area contributed by atoms with Crippen molar-refractivity contribution >= 4 is 5.91 Å². The first kappa shape index (κ1) is 15.4. The zero-order valence-corrected chi connectivity index (χ0v) is 11.7. The van der Waals surface area contributed by atoms with E-state index in [2.05, 4.69) is 33.0 Å². The van der Waals surface area contributed by atoms with Crippen LogP contribution in [-0.2, 0) is 4.79 Å². The predicted octanol–water partition coefficient (Wildman–Crippen LogP) is 2.37. The van der Waals surface area contributed by atoms with Gasteiger partial charge in [-0.3, -0.25) is 4.79 Å². The topological polar surface area (TPSA) is 29.1 Å². The van der Waals surface area contributed by atoms with Gasteiger partial charge in [-0.05, 0) is 26.7 Å². The molecule has 0 aliphatic carbocycles. The van der Waals surface area contributed by atoms with Crippen LogP contribution in [0.15, 0.2) is 0 Å². The number of nitrogens with one attached hydrogen (secondary N) is 1. The largest absolute Gasteiger partial charge is 0.309 e. The molecule has 0 saturated heterocycles. The lowest BCUT2D eigenvalue weighted by atomic mass is 10.1. The maximum Gasteiger partial charge on any atom is 0.227 e. The van der Waals surface area contributed by atoms with Crippen molar-refractivity contribution in [2.24, 2.45) is 5.92 Å². The van der Waals surface area contributed by atoms with Crippen LogP contribution in [0.5, 0.6) is 0 Å². The van der Waals surface area contributed by atoms with Crippen LogP contribution in [-0.4, -0.2) is 36.7 Å². The Labute approximate surface area is 101 Å². The SMILES string of the molecule is CCC[N+](CC)(CC)CNC(=O)C(C)CC. The summed E-state index contributed by atoms with van der Waals surface area (Å²) in [5, 5.41) is 3.09. The first-order valence-corrected chi connectivity index (χ1v) is 6.68. The van der Waals surface area contributed by atoms with E-state index in [1.54, 1.807) is 0 Å². The Morgan fingerprint density at radius 3 is 2.12 bits per heavy atom. The molecular weight excluding hydrogens is 200 g/mol. The number of quaternary nitrogens is 1. The van der Waals surface area contributed by atoms with E-state index in [4.69, 9.17) is 0 Å². The van der Waals surface area contributed by atoms with Crippen molar-refractivity contribution in [2.45, 2.75) is 47.5 Å². The van der Waals surface area contributed by atoms with Crippen LogP contribution in [0, 0.1) is 5.92 Å². The van der Waals surface area contributed by atoms with Gasteiger partial charge in [-0.15, -0.1) is 0 Å². The van der Waals surface area contributed by atoms with E-state index in [0.29, 0.717) is 0 Å². The summed E-state index contributed by atoms with van der Waals surface area (Å²) in [4.78, 5) is 11.7. The van der Waals surface area contributed by atoms with Crippen LogP contribution >= 0.6 is 0 Å². The number of rotatable bonds is 8. The van der Waals surface area contributed by atoms with Crippen LogP contribution in [0.3, 0.4) is 0 Å². The number of nitrogens with zero attached hydrogens (tertiary/aromatic N) is 1. The van der Waals surface area contributed by atoms with Crippen molar-refractivity contribution in [3.63, 3.8) is 0 Å². The molecule has 0 rings (SSSR count). The van der Waals surface area contributed by atoms with Crippen molar-refractivity contribution in [2.75, 3.05) is 26.3 Å². The Balaban J connectivity index is 4.26. The van der Waals surface area contributed by atoms with Crippen molar-refractivity contribution < 1.29 is 9.28 Å². The van der Waals surface area contributed by atoms with Crippen molar-refractivity contribution in [1.29, 1.82) is 0 Å². The molecule has 0 spiro atoms. The second-order valence-electron chi connectivity index (χ2n) is 4.71. The Kier molecular flexibility index (Phi) is 7.39. The molecule has 16 heavy (non-hydrogen) atoms. The van der Waals surface area contributed by atoms with E-state index in [-0.39, 0.29) is 11.8 Å². The van der Waals surface area contributed by atoms with Gasteiger partial charge < -0.3 is 9.80 Å². The van der Waals surface area contributed by atoms with Gasteiger partial charge in [0.05, 0.1) is 19.6 Å². The first-order valence-electron chi connectivity index (χ1n) is 6.68. The van der Waals surface area contributed by atoms with Gasteiger partial charge in [-0.1, -0.05) is 20.8 Å². The number of carbonyl (C=O) groups is 1. The molecule has 0 radical (unpaired) electrons. The molecule has 1 atom stereocenters. The molecule has 3 heteroatoms. The quantitative estimate of drug-likeness (QED) is 0.502. The Morgan fingerprint density at radius 2 is 1.75 bits per heavy atom. The number of amides is 1. The number of hydrogen-bond donors (Lipinski definition) is 1. The molecule has 0 aliphatic rings. The molecule has 0 saturated carbocycles. The lowest BCUT2D eigenvalue weighted by Crippen LogP contribution is -2.55. The molecule has 1 N–H and O–H groups in total. The minimum atomic E-state index is 0.136. The average molecular weight is 229 g/mol. The minimum absolute atomic E-state index is 0.136. The van der Waals surface area contributed by atoms with Crippen molar-refractivity contribution in [3.05, 3.63) is 0 Å². The van der Waals surface area contributed by atoms with Crippen LogP contribution in [0.1, 0.15) is 47.5 Å². The van der Waals surface area contributed by atoms with Gasteiger partial charge in [-0.25, -0.2) is 0 Å². The molecular formula is C13H29N2O+.